The van der Waals surface area contributed by atoms with Crippen LogP contribution in [-0.4, -0.2) is 67.0 Å². The molecule has 2 amide bonds. The Bertz CT molecular complexity index is 885. The number of hydrogen-bond donors (Lipinski definition) is 0. The number of carbonyl (C=O) groups excluding carboxylic acids is 2. The third-order valence-electron chi connectivity index (χ3n) is 6.02. The smallest absolute Gasteiger partial charge is 0.410 e. The minimum absolute atomic E-state index is 0.0962. The Morgan fingerprint density at radius 2 is 1.60 bits per heavy atom. The second-order valence-electron chi connectivity index (χ2n) is 7.55. The van der Waals surface area contributed by atoms with Gasteiger partial charge in [0.05, 0.1) is 12.6 Å². The van der Waals surface area contributed by atoms with Crippen molar-refractivity contribution in [3.05, 3.63) is 71.8 Å². The SMILES string of the molecule is COC1(OC)CN(C(=O)c2ccccc2)C2CCN(C(=O)OCc3ccccc3)[C@@H]21. The first kappa shape index (κ1) is 20.4. The number of ether oxygens (including phenoxy) is 3. The molecule has 2 saturated heterocycles. The summed E-state index contributed by atoms with van der Waals surface area (Å²) in [6.07, 6.45) is 0.205. The summed E-state index contributed by atoms with van der Waals surface area (Å²) in [5, 5.41) is 0. The van der Waals surface area contributed by atoms with Crippen LogP contribution in [0.25, 0.3) is 0 Å². The molecule has 2 fully saturated rings. The Balaban J connectivity index is 1.55. The van der Waals surface area contributed by atoms with Gasteiger partial charge in [0.2, 0.25) is 5.79 Å². The highest BCUT2D eigenvalue weighted by molar-refractivity contribution is 5.95. The van der Waals surface area contributed by atoms with Crippen molar-refractivity contribution in [2.75, 3.05) is 27.3 Å². The maximum atomic E-state index is 13.2. The lowest BCUT2D eigenvalue weighted by Gasteiger charge is -2.35. The average Bonchev–Trinajstić information content (AvgIpc) is 3.38. The van der Waals surface area contributed by atoms with Crippen LogP contribution in [0.15, 0.2) is 60.7 Å². The average molecular weight is 410 g/mol. The number of hydrogen-bond acceptors (Lipinski definition) is 5. The minimum atomic E-state index is -1.10. The molecular formula is C23H26N2O5. The molecule has 158 valence electrons. The quantitative estimate of drug-likeness (QED) is 0.709. The van der Waals surface area contributed by atoms with Gasteiger partial charge < -0.3 is 19.1 Å². The van der Waals surface area contributed by atoms with Gasteiger partial charge in [-0.05, 0) is 24.1 Å². The third-order valence-corrected chi connectivity index (χ3v) is 6.02. The van der Waals surface area contributed by atoms with Crippen LogP contribution in [0.2, 0.25) is 0 Å². The number of nitrogens with zero attached hydrogens (tertiary/aromatic N) is 2. The normalized spacial score (nSPS) is 22.1. The van der Waals surface area contributed by atoms with Gasteiger partial charge in [-0.2, -0.15) is 0 Å². The standard InChI is InChI=1S/C23H26N2O5/c1-28-23(29-2)16-25(21(26)18-11-7-4-8-12-18)19-13-14-24(20(19)23)22(27)30-15-17-9-5-3-6-10-17/h3-12,19-20H,13-16H2,1-2H3/t19?,20-/m0/s1. The van der Waals surface area contributed by atoms with Crippen LogP contribution in [0, 0.1) is 0 Å². The number of amides is 2. The van der Waals surface area contributed by atoms with E-state index in [1.54, 1.807) is 36.2 Å². The summed E-state index contributed by atoms with van der Waals surface area (Å²) in [5.74, 6) is -1.20. The van der Waals surface area contributed by atoms with E-state index in [1.807, 2.05) is 48.5 Å². The van der Waals surface area contributed by atoms with Gasteiger partial charge in [0.1, 0.15) is 12.6 Å². The fraction of sp³-hybridized carbons (Fsp3) is 0.391. The molecule has 0 aromatic heterocycles. The number of fused-ring (bicyclic) bond motifs is 1. The van der Waals surface area contributed by atoms with Crippen molar-refractivity contribution in [3.63, 3.8) is 0 Å². The van der Waals surface area contributed by atoms with Crippen molar-refractivity contribution < 1.29 is 23.8 Å². The Hall–Kier alpha value is -2.90. The zero-order chi connectivity index (χ0) is 21.1. The highest BCUT2D eigenvalue weighted by Crippen LogP contribution is 2.41. The number of carbonyl (C=O) groups is 2. The monoisotopic (exact) mass is 410 g/mol. The summed E-state index contributed by atoms with van der Waals surface area (Å²) < 4.78 is 17.1. The number of likely N-dealkylation sites (tertiary alicyclic amines) is 2. The van der Waals surface area contributed by atoms with E-state index in [0.717, 1.165) is 5.56 Å². The van der Waals surface area contributed by atoms with Crippen LogP contribution >= 0.6 is 0 Å². The van der Waals surface area contributed by atoms with E-state index in [2.05, 4.69) is 0 Å². The van der Waals surface area contributed by atoms with Crippen LogP contribution in [0.4, 0.5) is 4.79 Å². The van der Waals surface area contributed by atoms with Gasteiger partial charge in [0.25, 0.3) is 5.91 Å². The van der Waals surface area contributed by atoms with Crippen molar-refractivity contribution in [2.45, 2.75) is 30.9 Å². The molecule has 0 saturated carbocycles. The highest BCUT2D eigenvalue weighted by atomic mass is 16.7. The molecule has 30 heavy (non-hydrogen) atoms. The Kier molecular flexibility index (Phi) is 5.74. The lowest BCUT2D eigenvalue weighted by atomic mass is 10.1. The summed E-state index contributed by atoms with van der Waals surface area (Å²) in [6.45, 7) is 0.898. The van der Waals surface area contributed by atoms with Gasteiger partial charge >= 0.3 is 6.09 Å². The van der Waals surface area contributed by atoms with E-state index in [0.29, 0.717) is 18.5 Å². The van der Waals surface area contributed by atoms with Gasteiger partial charge in [0.15, 0.2) is 0 Å². The molecule has 0 spiro atoms. The van der Waals surface area contributed by atoms with Crippen molar-refractivity contribution in [1.29, 1.82) is 0 Å². The van der Waals surface area contributed by atoms with Crippen LogP contribution in [0.1, 0.15) is 22.3 Å². The second-order valence-corrected chi connectivity index (χ2v) is 7.55. The van der Waals surface area contributed by atoms with Crippen molar-refractivity contribution in [1.82, 2.24) is 9.80 Å². The first-order valence-corrected chi connectivity index (χ1v) is 10.0. The molecule has 1 unspecified atom stereocenters. The van der Waals surface area contributed by atoms with Crippen LogP contribution in [0.3, 0.4) is 0 Å². The molecule has 0 bridgehead atoms. The maximum absolute atomic E-state index is 13.2. The maximum Gasteiger partial charge on any atom is 0.410 e. The molecule has 2 heterocycles. The zero-order valence-electron chi connectivity index (χ0n) is 17.2. The molecule has 7 heteroatoms. The summed E-state index contributed by atoms with van der Waals surface area (Å²) in [5.41, 5.74) is 1.52. The van der Waals surface area contributed by atoms with E-state index >= 15 is 0 Å². The lowest BCUT2D eigenvalue weighted by Crippen LogP contribution is -2.55. The first-order chi connectivity index (χ1) is 14.6. The second kappa shape index (κ2) is 8.45. The molecule has 2 atom stereocenters. The number of rotatable bonds is 5. The summed E-state index contributed by atoms with van der Waals surface area (Å²) in [7, 11) is 3.09. The fourth-order valence-corrected chi connectivity index (χ4v) is 4.51. The Morgan fingerprint density at radius 3 is 2.23 bits per heavy atom. The topological polar surface area (TPSA) is 68.3 Å². The molecule has 4 rings (SSSR count). The van der Waals surface area contributed by atoms with Crippen LogP contribution in [0.5, 0.6) is 0 Å². The third kappa shape index (κ3) is 3.55. The largest absolute Gasteiger partial charge is 0.445 e. The number of methoxy groups -OCH3 is 2. The molecule has 2 aliphatic rings. The molecule has 2 aromatic carbocycles. The Morgan fingerprint density at radius 1 is 0.967 bits per heavy atom. The van der Waals surface area contributed by atoms with E-state index in [1.165, 1.54) is 0 Å². The van der Waals surface area contributed by atoms with E-state index in [-0.39, 0.29) is 25.1 Å². The molecular weight excluding hydrogens is 384 g/mol. The molecule has 2 aromatic rings. The van der Waals surface area contributed by atoms with Gasteiger partial charge in [-0.15, -0.1) is 0 Å². The van der Waals surface area contributed by atoms with Crippen molar-refractivity contribution in [3.8, 4) is 0 Å². The molecule has 2 aliphatic heterocycles. The first-order valence-electron chi connectivity index (χ1n) is 10.0. The van der Waals surface area contributed by atoms with Crippen LogP contribution < -0.4 is 0 Å². The summed E-state index contributed by atoms with van der Waals surface area (Å²) >= 11 is 0. The summed E-state index contributed by atoms with van der Waals surface area (Å²) in [4.78, 5) is 29.5. The van der Waals surface area contributed by atoms with Gasteiger partial charge in [0, 0.05) is 26.3 Å². The Labute approximate surface area is 176 Å². The minimum Gasteiger partial charge on any atom is -0.445 e. The lowest BCUT2D eigenvalue weighted by molar-refractivity contribution is -0.218. The zero-order valence-corrected chi connectivity index (χ0v) is 17.2. The fourth-order valence-electron chi connectivity index (χ4n) is 4.51. The van der Waals surface area contributed by atoms with E-state index in [4.69, 9.17) is 14.2 Å². The van der Waals surface area contributed by atoms with Crippen molar-refractivity contribution >= 4 is 12.0 Å². The highest BCUT2D eigenvalue weighted by Gasteiger charge is 2.61. The van der Waals surface area contributed by atoms with Gasteiger partial charge in [-0.1, -0.05) is 48.5 Å². The van der Waals surface area contributed by atoms with E-state index < -0.39 is 17.9 Å². The van der Waals surface area contributed by atoms with E-state index in [9.17, 15) is 9.59 Å². The number of benzene rings is 2. The predicted octanol–water partition coefficient (Wildman–Crippen LogP) is 2.91. The molecule has 0 aliphatic carbocycles. The molecule has 0 N–H and O–H groups in total. The van der Waals surface area contributed by atoms with Crippen LogP contribution in [-0.2, 0) is 20.8 Å². The van der Waals surface area contributed by atoms with Gasteiger partial charge in [-0.3, -0.25) is 9.69 Å². The molecule has 0 radical (unpaired) electrons. The predicted molar refractivity (Wildman–Crippen MR) is 110 cm³/mol. The summed E-state index contributed by atoms with van der Waals surface area (Å²) in [6, 6.07) is 18.0. The van der Waals surface area contributed by atoms with Gasteiger partial charge in [-0.25, -0.2) is 4.79 Å². The van der Waals surface area contributed by atoms with Crippen molar-refractivity contribution in [2.24, 2.45) is 0 Å². The molecule has 7 nitrogen and oxygen atoms in total.